The number of carbonyl (C=O) groups is 1. The minimum Gasteiger partial charge on any atom is -0.396 e. The lowest BCUT2D eigenvalue weighted by molar-refractivity contribution is -0.135. The summed E-state index contributed by atoms with van der Waals surface area (Å²) < 4.78 is 24.7. The van der Waals surface area contributed by atoms with Crippen molar-refractivity contribution in [3.63, 3.8) is 0 Å². The molecule has 1 saturated heterocycles. The quantitative estimate of drug-likeness (QED) is 0.777. The first-order chi connectivity index (χ1) is 11.8. The van der Waals surface area contributed by atoms with Crippen LogP contribution in [0.1, 0.15) is 19.3 Å². The Bertz CT molecular complexity index is 676. The van der Waals surface area contributed by atoms with Crippen LogP contribution < -0.4 is 0 Å². The van der Waals surface area contributed by atoms with Gasteiger partial charge in [-0.15, -0.1) is 0 Å². The number of aliphatic hydroxyl groups excluding tert-OH is 1. The van der Waals surface area contributed by atoms with Gasteiger partial charge in [-0.25, -0.2) is 8.42 Å². The highest BCUT2D eigenvalue weighted by atomic mass is 32.2. The second-order valence-electron chi connectivity index (χ2n) is 7.20. The van der Waals surface area contributed by atoms with Crippen LogP contribution in [0.5, 0.6) is 0 Å². The molecule has 2 rings (SSSR count). The van der Waals surface area contributed by atoms with Gasteiger partial charge in [-0.05, 0) is 39.1 Å². The van der Waals surface area contributed by atoms with Crippen molar-refractivity contribution >= 4 is 15.7 Å². The van der Waals surface area contributed by atoms with E-state index in [1.54, 1.807) is 35.2 Å². The molecule has 0 radical (unpaired) electrons. The van der Waals surface area contributed by atoms with Crippen LogP contribution in [-0.2, 0) is 14.6 Å². The summed E-state index contributed by atoms with van der Waals surface area (Å²) in [5, 5.41) is 9.84. The summed E-state index contributed by atoms with van der Waals surface area (Å²) in [5.74, 6) is -0.345. The van der Waals surface area contributed by atoms with E-state index in [1.807, 2.05) is 19.0 Å². The van der Waals surface area contributed by atoms with E-state index in [4.69, 9.17) is 0 Å². The molecule has 1 amide bonds. The first-order valence-electron chi connectivity index (χ1n) is 8.59. The number of hydrogen-bond donors (Lipinski definition) is 1. The summed E-state index contributed by atoms with van der Waals surface area (Å²) in [6.07, 6.45) is 1.67. The molecule has 7 heteroatoms. The Morgan fingerprint density at radius 3 is 2.56 bits per heavy atom. The molecule has 6 nitrogen and oxygen atoms in total. The predicted octanol–water partition coefficient (Wildman–Crippen LogP) is 1.01. The lowest BCUT2D eigenvalue weighted by Crippen LogP contribution is -2.52. The maximum Gasteiger partial charge on any atom is 0.223 e. The zero-order valence-corrected chi connectivity index (χ0v) is 15.8. The van der Waals surface area contributed by atoms with Crippen LogP contribution in [0.2, 0.25) is 0 Å². The normalized spacial score (nSPS) is 21.5. The van der Waals surface area contributed by atoms with Gasteiger partial charge in [0.05, 0.1) is 17.3 Å². The average molecular weight is 368 g/mol. The third kappa shape index (κ3) is 5.26. The fraction of sp³-hybridized carbons (Fsp3) is 0.611. The van der Waals surface area contributed by atoms with E-state index in [9.17, 15) is 18.3 Å². The van der Waals surface area contributed by atoms with Gasteiger partial charge in [-0.2, -0.15) is 0 Å². The molecule has 1 heterocycles. The number of amides is 1. The van der Waals surface area contributed by atoms with Gasteiger partial charge in [0, 0.05) is 31.5 Å². The molecule has 0 bridgehead atoms. The van der Waals surface area contributed by atoms with E-state index >= 15 is 0 Å². The van der Waals surface area contributed by atoms with Gasteiger partial charge in [0.15, 0.2) is 9.84 Å². The van der Waals surface area contributed by atoms with E-state index in [2.05, 4.69) is 0 Å². The number of carbonyl (C=O) groups excluding carboxylic acids is 1. The van der Waals surface area contributed by atoms with Crippen molar-refractivity contribution < 1.29 is 18.3 Å². The van der Waals surface area contributed by atoms with Crippen molar-refractivity contribution in [1.29, 1.82) is 0 Å². The molecule has 1 aliphatic heterocycles. The molecule has 1 aromatic rings. The largest absolute Gasteiger partial charge is 0.396 e. The van der Waals surface area contributed by atoms with E-state index in [-0.39, 0.29) is 35.0 Å². The van der Waals surface area contributed by atoms with Crippen LogP contribution in [0, 0.1) is 5.41 Å². The lowest BCUT2D eigenvalue weighted by Gasteiger charge is -2.43. The van der Waals surface area contributed by atoms with Gasteiger partial charge in [-0.3, -0.25) is 4.79 Å². The molecule has 1 atom stereocenters. The molecular formula is C18H28N2O4S. The van der Waals surface area contributed by atoms with Crippen molar-refractivity contribution in [2.24, 2.45) is 5.41 Å². The van der Waals surface area contributed by atoms with Crippen LogP contribution in [0.25, 0.3) is 0 Å². The van der Waals surface area contributed by atoms with Crippen LogP contribution in [0.3, 0.4) is 0 Å². The van der Waals surface area contributed by atoms with E-state index in [1.165, 1.54) is 0 Å². The number of likely N-dealkylation sites (tertiary alicyclic amines) is 1. The third-order valence-electron chi connectivity index (χ3n) is 4.69. The Hall–Kier alpha value is -1.44. The van der Waals surface area contributed by atoms with Gasteiger partial charge in [0.25, 0.3) is 0 Å². The van der Waals surface area contributed by atoms with E-state index in [0.29, 0.717) is 19.6 Å². The van der Waals surface area contributed by atoms with Crippen LogP contribution in [0.4, 0.5) is 0 Å². The molecule has 0 aliphatic carbocycles. The Morgan fingerprint density at radius 1 is 1.28 bits per heavy atom. The van der Waals surface area contributed by atoms with Gasteiger partial charge < -0.3 is 14.9 Å². The van der Waals surface area contributed by atoms with Crippen molar-refractivity contribution in [3.8, 4) is 0 Å². The lowest BCUT2D eigenvalue weighted by atomic mass is 9.80. The first kappa shape index (κ1) is 19.9. The third-order valence-corrected chi connectivity index (χ3v) is 6.42. The number of nitrogens with zero attached hydrogens (tertiary/aromatic N) is 2. The highest BCUT2D eigenvalue weighted by molar-refractivity contribution is 7.91. The summed E-state index contributed by atoms with van der Waals surface area (Å²) in [5.41, 5.74) is -0.324. The maximum atomic E-state index is 12.5. The SMILES string of the molecule is CN(C)C[C@@]1(CO)CCCN(C(=O)CCS(=O)(=O)c2ccccc2)C1. The maximum absolute atomic E-state index is 12.5. The summed E-state index contributed by atoms with van der Waals surface area (Å²) in [6, 6.07) is 8.21. The summed E-state index contributed by atoms with van der Waals surface area (Å²) in [4.78, 5) is 16.5. The van der Waals surface area contributed by atoms with Gasteiger partial charge in [0.2, 0.25) is 5.91 Å². The zero-order valence-electron chi connectivity index (χ0n) is 15.0. The van der Waals surface area contributed by atoms with Gasteiger partial charge >= 0.3 is 0 Å². The average Bonchev–Trinajstić information content (AvgIpc) is 2.60. The second kappa shape index (κ2) is 8.29. The van der Waals surface area contributed by atoms with Crippen molar-refractivity contribution in [1.82, 2.24) is 9.80 Å². The smallest absolute Gasteiger partial charge is 0.223 e. The van der Waals surface area contributed by atoms with Crippen molar-refractivity contribution in [3.05, 3.63) is 30.3 Å². The number of benzene rings is 1. The van der Waals surface area contributed by atoms with E-state index in [0.717, 1.165) is 12.8 Å². The molecule has 0 saturated carbocycles. The number of hydrogen-bond acceptors (Lipinski definition) is 5. The summed E-state index contributed by atoms with van der Waals surface area (Å²) >= 11 is 0. The Balaban J connectivity index is 1.98. The van der Waals surface area contributed by atoms with Crippen LogP contribution >= 0.6 is 0 Å². The standard InChI is InChI=1S/C18H28N2O4S/c1-19(2)13-18(15-21)10-6-11-20(14-18)17(22)9-12-25(23,24)16-7-4-3-5-8-16/h3-5,7-8,21H,6,9-15H2,1-2H3/t18-/m0/s1. The molecule has 1 fully saturated rings. The van der Waals surface area contributed by atoms with Gasteiger partial charge in [-0.1, -0.05) is 18.2 Å². The molecular weight excluding hydrogens is 340 g/mol. The molecule has 1 N–H and O–H groups in total. The molecule has 0 spiro atoms. The van der Waals surface area contributed by atoms with Crippen molar-refractivity contribution in [2.45, 2.75) is 24.2 Å². The van der Waals surface area contributed by atoms with Gasteiger partial charge in [0.1, 0.15) is 0 Å². The molecule has 140 valence electrons. The van der Waals surface area contributed by atoms with Crippen LogP contribution in [0.15, 0.2) is 35.2 Å². The van der Waals surface area contributed by atoms with E-state index < -0.39 is 9.84 Å². The molecule has 25 heavy (non-hydrogen) atoms. The Kier molecular flexibility index (Phi) is 6.59. The Labute approximate surface area is 150 Å². The molecule has 0 unspecified atom stereocenters. The second-order valence-corrected chi connectivity index (χ2v) is 9.31. The van der Waals surface area contributed by atoms with Crippen molar-refractivity contribution in [2.75, 3.05) is 46.1 Å². The fourth-order valence-corrected chi connectivity index (χ4v) is 4.78. The number of rotatable bonds is 7. The molecule has 1 aliphatic rings. The summed E-state index contributed by atoms with van der Waals surface area (Å²) in [6.45, 7) is 1.83. The highest BCUT2D eigenvalue weighted by Crippen LogP contribution is 2.30. The predicted molar refractivity (Wildman–Crippen MR) is 97.0 cm³/mol. The first-order valence-corrected chi connectivity index (χ1v) is 10.2. The fourth-order valence-electron chi connectivity index (χ4n) is 3.53. The monoisotopic (exact) mass is 368 g/mol. The molecule has 1 aromatic carbocycles. The molecule has 0 aromatic heterocycles. The number of sulfone groups is 1. The minimum atomic E-state index is -3.45. The summed E-state index contributed by atoms with van der Waals surface area (Å²) in [7, 11) is 0.446. The highest BCUT2D eigenvalue weighted by Gasteiger charge is 2.37. The number of aliphatic hydroxyl groups is 1. The topological polar surface area (TPSA) is 77.9 Å². The zero-order chi connectivity index (χ0) is 18.5. The number of piperidine rings is 1. The minimum absolute atomic E-state index is 0.0251. The van der Waals surface area contributed by atoms with Crippen LogP contribution in [-0.4, -0.2) is 75.3 Å². The Morgan fingerprint density at radius 2 is 1.96 bits per heavy atom.